The third-order valence-electron chi connectivity index (χ3n) is 7.58. The number of ether oxygens (including phenoxy) is 1. The van der Waals surface area contributed by atoms with E-state index in [1.54, 1.807) is 0 Å². The Labute approximate surface area is 204 Å². The molecular weight excluding hydrogens is 424 g/mol. The van der Waals surface area contributed by atoms with Crippen LogP contribution in [0, 0.1) is 12.3 Å². The molecule has 0 radical (unpaired) electrons. The summed E-state index contributed by atoms with van der Waals surface area (Å²) in [7, 11) is 1.94. The molecule has 1 fully saturated rings. The zero-order valence-corrected chi connectivity index (χ0v) is 20.7. The molecule has 2 amide bonds. The molecule has 0 saturated carbocycles. The number of amides is 2. The van der Waals surface area contributed by atoms with Gasteiger partial charge in [-0.05, 0) is 74.6 Å². The Bertz CT molecular complexity index is 977. The van der Waals surface area contributed by atoms with E-state index in [1.807, 2.05) is 60.2 Å². The van der Waals surface area contributed by atoms with Gasteiger partial charge in [-0.3, -0.25) is 9.59 Å². The molecule has 2 aliphatic rings. The van der Waals surface area contributed by atoms with Crippen LogP contribution in [0.4, 0.5) is 0 Å². The molecule has 0 aliphatic carbocycles. The Morgan fingerprint density at radius 2 is 1.65 bits per heavy atom. The molecule has 5 nitrogen and oxygen atoms in total. The molecule has 0 N–H and O–H groups in total. The topological polar surface area (TPSA) is 49.9 Å². The number of carbonyl (C=O) groups is 2. The third kappa shape index (κ3) is 5.99. The van der Waals surface area contributed by atoms with Crippen LogP contribution in [0.5, 0.6) is 5.75 Å². The van der Waals surface area contributed by atoms with Crippen LogP contribution in [0.2, 0.25) is 0 Å². The molecule has 1 saturated heterocycles. The number of hydrogen-bond acceptors (Lipinski definition) is 3. The second-order valence-electron chi connectivity index (χ2n) is 10.2. The van der Waals surface area contributed by atoms with Crippen LogP contribution in [0.3, 0.4) is 0 Å². The molecule has 2 aromatic rings. The molecule has 0 atom stereocenters. The summed E-state index contributed by atoms with van der Waals surface area (Å²) < 4.78 is 5.99. The van der Waals surface area contributed by atoms with Crippen LogP contribution < -0.4 is 4.74 Å². The van der Waals surface area contributed by atoms with Gasteiger partial charge in [0.05, 0.1) is 6.61 Å². The van der Waals surface area contributed by atoms with Crippen molar-refractivity contribution in [1.82, 2.24) is 9.80 Å². The minimum atomic E-state index is 0.0780. The SMILES string of the molecule is Cc1ccc(C(=O)N2CCC3(CCCCc4ccccc4OCCCC(=O)N(C)C3)CC2)cc1. The predicted molar refractivity (Wildman–Crippen MR) is 135 cm³/mol. The number of benzene rings is 2. The van der Waals surface area contributed by atoms with Crippen molar-refractivity contribution in [2.24, 2.45) is 5.41 Å². The van der Waals surface area contributed by atoms with Gasteiger partial charge in [-0.15, -0.1) is 0 Å². The van der Waals surface area contributed by atoms with E-state index in [9.17, 15) is 9.59 Å². The average molecular weight is 463 g/mol. The Kier molecular flexibility index (Phi) is 7.91. The molecule has 0 unspecified atom stereocenters. The van der Waals surface area contributed by atoms with Gasteiger partial charge < -0.3 is 14.5 Å². The predicted octanol–water partition coefficient (Wildman–Crippen LogP) is 5.26. The third-order valence-corrected chi connectivity index (χ3v) is 7.58. The molecule has 4 rings (SSSR count). The monoisotopic (exact) mass is 462 g/mol. The first-order chi connectivity index (χ1) is 16.5. The van der Waals surface area contributed by atoms with Crippen molar-refractivity contribution in [1.29, 1.82) is 0 Å². The van der Waals surface area contributed by atoms with Gasteiger partial charge in [-0.2, -0.15) is 0 Å². The summed E-state index contributed by atoms with van der Waals surface area (Å²) in [5.41, 5.74) is 3.27. The number of hydrogen-bond donors (Lipinski definition) is 0. The highest BCUT2D eigenvalue weighted by Crippen LogP contribution is 2.38. The van der Waals surface area contributed by atoms with Crippen LogP contribution in [-0.2, 0) is 11.2 Å². The number of fused-ring (bicyclic) bond motifs is 1. The van der Waals surface area contributed by atoms with E-state index >= 15 is 0 Å². The van der Waals surface area contributed by atoms with Gasteiger partial charge in [0.2, 0.25) is 5.91 Å². The highest BCUT2D eigenvalue weighted by Gasteiger charge is 2.37. The molecule has 0 bridgehead atoms. The first-order valence-electron chi connectivity index (χ1n) is 12.8. The number of likely N-dealkylation sites (tertiary alicyclic amines) is 1. The average Bonchev–Trinajstić information content (AvgIpc) is 2.85. The van der Waals surface area contributed by atoms with Gasteiger partial charge in [0.25, 0.3) is 5.91 Å². The Morgan fingerprint density at radius 3 is 2.41 bits per heavy atom. The minimum absolute atomic E-state index is 0.0780. The number of aryl methyl sites for hydroxylation is 2. The van der Waals surface area contributed by atoms with Gasteiger partial charge in [-0.25, -0.2) is 0 Å². The molecule has 2 aromatic carbocycles. The molecule has 182 valence electrons. The standard InChI is InChI=1S/C29H38N2O3/c1-23-12-14-25(15-13-23)28(33)31-19-17-29(18-20-31)16-6-5-9-24-8-3-4-10-26(24)34-21-7-11-27(32)30(2)22-29/h3-4,8,10,12-15H,5-7,9,11,16-22H2,1-2H3. The molecule has 5 heteroatoms. The maximum absolute atomic E-state index is 13.0. The second-order valence-corrected chi connectivity index (χ2v) is 10.2. The lowest BCUT2D eigenvalue weighted by atomic mass is 9.73. The Morgan fingerprint density at radius 1 is 0.912 bits per heavy atom. The zero-order valence-electron chi connectivity index (χ0n) is 20.7. The maximum atomic E-state index is 13.0. The summed E-state index contributed by atoms with van der Waals surface area (Å²) in [6.07, 6.45) is 7.44. The first kappa shape index (κ1) is 24.3. The second kappa shape index (κ2) is 11.1. The van der Waals surface area contributed by atoms with E-state index < -0.39 is 0 Å². The largest absolute Gasteiger partial charge is 0.493 e. The summed E-state index contributed by atoms with van der Waals surface area (Å²) >= 11 is 0. The number of rotatable bonds is 1. The van der Waals surface area contributed by atoms with E-state index in [0.717, 1.165) is 81.5 Å². The summed E-state index contributed by atoms with van der Waals surface area (Å²) in [4.78, 5) is 29.8. The van der Waals surface area contributed by atoms with Gasteiger partial charge in [0, 0.05) is 38.7 Å². The number of carbonyl (C=O) groups excluding carboxylic acids is 2. The van der Waals surface area contributed by atoms with Crippen molar-refractivity contribution < 1.29 is 14.3 Å². The fourth-order valence-electron chi connectivity index (χ4n) is 5.40. The quantitative estimate of drug-likeness (QED) is 0.581. The molecule has 1 spiro atoms. The van der Waals surface area contributed by atoms with E-state index in [-0.39, 0.29) is 17.2 Å². The summed E-state index contributed by atoms with van der Waals surface area (Å²) in [6.45, 7) is 4.89. The first-order valence-corrected chi connectivity index (χ1v) is 12.8. The van der Waals surface area contributed by atoms with Crippen molar-refractivity contribution in [2.75, 3.05) is 33.3 Å². The molecule has 0 aromatic heterocycles. The summed E-state index contributed by atoms with van der Waals surface area (Å²) in [5, 5.41) is 0. The van der Waals surface area contributed by atoms with E-state index in [1.165, 1.54) is 5.56 Å². The van der Waals surface area contributed by atoms with Crippen molar-refractivity contribution in [2.45, 2.75) is 58.3 Å². The maximum Gasteiger partial charge on any atom is 0.253 e. The smallest absolute Gasteiger partial charge is 0.253 e. The minimum Gasteiger partial charge on any atom is -0.493 e. The number of piperidine rings is 1. The number of para-hydroxylation sites is 1. The van der Waals surface area contributed by atoms with Crippen LogP contribution in [-0.4, -0.2) is 54.9 Å². The molecular formula is C29H38N2O3. The lowest BCUT2D eigenvalue weighted by Crippen LogP contribution is -2.48. The lowest BCUT2D eigenvalue weighted by molar-refractivity contribution is -0.132. The van der Waals surface area contributed by atoms with Gasteiger partial charge >= 0.3 is 0 Å². The molecule has 2 heterocycles. The fraction of sp³-hybridized carbons (Fsp3) is 0.517. The van der Waals surface area contributed by atoms with Gasteiger partial charge in [0.1, 0.15) is 5.75 Å². The zero-order chi connectivity index (χ0) is 24.0. The summed E-state index contributed by atoms with van der Waals surface area (Å²) in [5.74, 6) is 1.27. The van der Waals surface area contributed by atoms with Crippen molar-refractivity contribution in [3.8, 4) is 5.75 Å². The fourth-order valence-corrected chi connectivity index (χ4v) is 5.40. The van der Waals surface area contributed by atoms with Gasteiger partial charge in [0.15, 0.2) is 0 Å². The van der Waals surface area contributed by atoms with Crippen molar-refractivity contribution >= 4 is 11.8 Å². The van der Waals surface area contributed by atoms with Crippen LogP contribution in [0.25, 0.3) is 0 Å². The van der Waals surface area contributed by atoms with Crippen molar-refractivity contribution in [3.63, 3.8) is 0 Å². The highest BCUT2D eigenvalue weighted by atomic mass is 16.5. The van der Waals surface area contributed by atoms with Gasteiger partial charge in [-0.1, -0.05) is 42.3 Å². The van der Waals surface area contributed by atoms with E-state index in [4.69, 9.17) is 4.74 Å². The lowest BCUT2D eigenvalue weighted by Gasteiger charge is -2.44. The van der Waals surface area contributed by atoms with Crippen LogP contribution in [0.15, 0.2) is 48.5 Å². The summed E-state index contributed by atoms with van der Waals surface area (Å²) in [6, 6.07) is 16.1. The Balaban J connectivity index is 1.44. The molecule has 2 aliphatic heterocycles. The van der Waals surface area contributed by atoms with E-state index in [0.29, 0.717) is 13.0 Å². The number of nitrogens with zero attached hydrogens (tertiary/aromatic N) is 2. The van der Waals surface area contributed by atoms with E-state index in [2.05, 4.69) is 12.1 Å². The van der Waals surface area contributed by atoms with Crippen LogP contribution >= 0.6 is 0 Å². The Hall–Kier alpha value is -2.82. The normalized spacial score (nSPS) is 19.8. The van der Waals surface area contributed by atoms with Crippen LogP contribution in [0.1, 0.15) is 66.4 Å². The highest BCUT2D eigenvalue weighted by molar-refractivity contribution is 5.94. The van der Waals surface area contributed by atoms with Crippen molar-refractivity contribution in [3.05, 3.63) is 65.2 Å². The molecule has 34 heavy (non-hydrogen) atoms.